The van der Waals surface area contributed by atoms with Gasteiger partial charge in [-0.3, -0.25) is 20.1 Å². The lowest BCUT2D eigenvalue weighted by molar-refractivity contribution is -0.384. The minimum absolute atomic E-state index is 0.0219. The number of non-ortho nitro benzene ring substituents is 1. The molecule has 0 aliphatic carbocycles. The number of halogens is 1. The molecule has 0 radical (unpaired) electrons. The summed E-state index contributed by atoms with van der Waals surface area (Å²) in [7, 11) is -4.00. The van der Waals surface area contributed by atoms with Crippen LogP contribution in [0.2, 0.25) is 5.02 Å². The SMILES string of the molecule is N=C(N)c1ccc(OCCCCOc2ccc([N+](=O)[O-])cc2Cl)cc1.O=S(=O)(O)c1ccccc1. The third-order valence-corrected chi connectivity index (χ3v) is 5.56. The zero-order valence-electron chi connectivity index (χ0n) is 18.5. The second-order valence-corrected chi connectivity index (χ2v) is 8.83. The number of unbranched alkanes of at least 4 members (excludes halogenated alkanes) is 1. The van der Waals surface area contributed by atoms with Crippen molar-refractivity contribution in [1.82, 2.24) is 0 Å². The molecule has 0 bridgehead atoms. The lowest BCUT2D eigenvalue weighted by Crippen LogP contribution is -2.10. The number of amidine groups is 1. The number of nitrogens with zero attached hydrogens (tertiary/aromatic N) is 1. The second kappa shape index (κ2) is 13.3. The summed E-state index contributed by atoms with van der Waals surface area (Å²) in [5.74, 6) is 1.16. The van der Waals surface area contributed by atoms with Crippen molar-refractivity contribution < 1.29 is 27.4 Å². The van der Waals surface area contributed by atoms with Gasteiger partial charge in [0.15, 0.2) is 0 Å². The molecule has 0 heterocycles. The lowest BCUT2D eigenvalue weighted by Gasteiger charge is -2.09. The Balaban J connectivity index is 0.000000360. The van der Waals surface area contributed by atoms with Crippen LogP contribution >= 0.6 is 11.6 Å². The van der Waals surface area contributed by atoms with Gasteiger partial charge in [0.05, 0.1) is 28.1 Å². The number of rotatable bonds is 10. The number of nitro benzene ring substituents is 1. The van der Waals surface area contributed by atoms with Crippen LogP contribution in [0.1, 0.15) is 18.4 Å². The largest absolute Gasteiger partial charge is 0.494 e. The van der Waals surface area contributed by atoms with Gasteiger partial charge in [-0.1, -0.05) is 29.8 Å². The topological polar surface area (TPSA) is 166 Å². The number of hydrogen-bond acceptors (Lipinski definition) is 7. The molecule has 0 atom stereocenters. The molecule has 0 saturated heterocycles. The van der Waals surface area contributed by atoms with Gasteiger partial charge in [-0.15, -0.1) is 0 Å². The van der Waals surface area contributed by atoms with E-state index in [9.17, 15) is 18.5 Å². The van der Waals surface area contributed by atoms with Crippen LogP contribution in [0.5, 0.6) is 11.5 Å². The van der Waals surface area contributed by atoms with Crippen molar-refractivity contribution in [3.05, 3.63) is 93.5 Å². The molecule has 0 spiro atoms. The number of ether oxygens (including phenoxy) is 2. The quantitative estimate of drug-likeness (QED) is 0.0861. The zero-order chi connectivity index (χ0) is 25.8. The van der Waals surface area contributed by atoms with Crippen LogP contribution in [0.25, 0.3) is 0 Å². The summed E-state index contributed by atoms with van der Waals surface area (Å²) in [5, 5.41) is 18.2. The number of nitrogens with two attached hydrogens (primary N) is 1. The van der Waals surface area contributed by atoms with E-state index < -0.39 is 15.0 Å². The highest BCUT2D eigenvalue weighted by Gasteiger charge is 2.10. The fraction of sp³-hybridized carbons (Fsp3) is 0.174. The highest BCUT2D eigenvalue weighted by molar-refractivity contribution is 7.85. The Morgan fingerprint density at radius 2 is 1.60 bits per heavy atom. The van der Waals surface area contributed by atoms with Crippen molar-refractivity contribution in [2.45, 2.75) is 17.7 Å². The maximum Gasteiger partial charge on any atom is 0.294 e. The van der Waals surface area contributed by atoms with Crippen LogP contribution in [0.15, 0.2) is 77.7 Å². The monoisotopic (exact) mass is 521 g/mol. The Hall–Kier alpha value is -3.67. The van der Waals surface area contributed by atoms with Crippen molar-refractivity contribution in [3.8, 4) is 11.5 Å². The molecular formula is C23H24ClN3O7S. The van der Waals surface area contributed by atoms with Gasteiger partial charge in [0.1, 0.15) is 17.3 Å². The van der Waals surface area contributed by atoms with E-state index in [0.29, 0.717) is 30.3 Å². The van der Waals surface area contributed by atoms with Crippen LogP contribution in [0.4, 0.5) is 5.69 Å². The molecule has 12 heteroatoms. The van der Waals surface area contributed by atoms with Crippen molar-refractivity contribution in [2.75, 3.05) is 13.2 Å². The summed E-state index contributed by atoms with van der Waals surface area (Å²) in [4.78, 5) is 10.1. The Morgan fingerprint density at radius 3 is 2.09 bits per heavy atom. The zero-order valence-corrected chi connectivity index (χ0v) is 20.0. The van der Waals surface area contributed by atoms with Gasteiger partial charge in [0.2, 0.25) is 0 Å². The van der Waals surface area contributed by atoms with Gasteiger partial charge < -0.3 is 15.2 Å². The number of benzene rings is 3. The second-order valence-electron chi connectivity index (χ2n) is 7.00. The standard InChI is InChI=1S/C17H18ClN3O4.C6H6O3S/c18-15-11-13(21(22)23)5-8-16(15)25-10-2-1-9-24-14-6-3-12(4-7-14)17(19)20;7-10(8,9)6-4-2-1-3-5-6/h3-8,11H,1-2,9-10H2,(H3,19,20);1-5H,(H,7,8,9). The van der Waals surface area contributed by atoms with Gasteiger partial charge in [-0.2, -0.15) is 8.42 Å². The van der Waals surface area contributed by atoms with Crippen LogP contribution in [-0.4, -0.2) is 36.9 Å². The maximum atomic E-state index is 10.6. The Morgan fingerprint density at radius 1 is 1.00 bits per heavy atom. The van der Waals surface area contributed by atoms with Gasteiger partial charge in [0.25, 0.3) is 15.8 Å². The van der Waals surface area contributed by atoms with Gasteiger partial charge in [-0.05, 0) is 55.3 Å². The van der Waals surface area contributed by atoms with Gasteiger partial charge >= 0.3 is 0 Å². The predicted molar refractivity (Wildman–Crippen MR) is 132 cm³/mol. The average molecular weight is 522 g/mol. The Labute approximate surface area is 207 Å². The Kier molecular flexibility index (Phi) is 10.5. The molecule has 10 nitrogen and oxygen atoms in total. The number of nitro groups is 1. The first kappa shape index (κ1) is 27.6. The molecule has 0 amide bonds. The molecule has 0 unspecified atom stereocenters. The first-order valence-corrected chi connectivity index (χ1v) is 12.1. The molecule has 0 aromatic heterocycles. The summed E-state index contributed by atoms with van der Waals surface area (Å²) < 4.78 is 40.3. The Bertz CT molecular complexity index is 1240. The molecule has 186 valence electrons. The first-order chi connectivity index (χ1) is 16.6. The summed E-state index contributed by atoms with van der Waals surface area (Å²) in [6.45, 7) is 0.959. The lowest BCUT2D eigenvalue weighted by atomic mass is 10.2. The highest BCUT2D eigenvalue weighted by atomic mass is 35.5. The van der Waals surface area contributed by atoms with E-state index in [-0.39, 0.29) is 21.4 Å². The van der Waals surface area contributed by atoms with Crippen LogP contribution in [0, 0.1) is 15.5 Å². The third kappa shape index (κ3) is 9.61. The maximum absolute atomic E-state index is 10.6. The van der Waals surface area contributed by atoms with E-state index in [1.807, 2.05) is 0 Å². The molecule has 3 aromatic rings. The number of hydrogen-bond donors (Lipinski definition) is 3. The third-order valence-electron chi connectivity index (χ3n) is 4.40. The van der Waals surface area contributed by atoms with Crippen LogP contribution < -0.4 is 15.2 Å². The molecule has 0 saturated carbocycles. The van der Waals surface area contributed by atoms with Crippen molar-refractivity contribution >= 4 is 33.2 Å². The molecule has 0 fully saturated rings. The van der Waals surface area contributed by atoms with E-state index in [4.69, 9.17) is 36.8 Å². The van der Waals surface area contributed by atoms with E-state index in [0.717, 1.165) is 12.8 Å². The van der Waals surface area contributed by atoms with E-state index >= 15 is 0 Å². The molecule has 0 aliphatic heterocycles. The minimum atomic E-state index is -4.00. The number of nitrogens with one attached hydrogen (secondary N) is 1. The highest BCUT2D eigenvalue weighted by Crippen LogP contribution is 2.28. The summed E-state index contributed by atoms with van der Waals surface area (Å²) >= 11 is 5.95. The van der Waals surface area contributed by atoms with Crippen molar-refractivity contribution in [2.24, 2.45) is 5.73 Å². The van der Waals surface area contributed by atoms with E-state index in [2.05, 4.69) is 0 Å². The fourth-order valence-electron chi connectivity index (χ4n) is 2.62. The van der Waals surface area contributed by atoms with E-state index in [1.54, 1.807) is 42.5 Å². The van der Waals surface area contributed by atoms with E-state index in [1.165, 1.54) is 30.3 Å². The minimum Gasteiger partial charge on any atom is -0.494 e. The predicted octanol–water partition coefficient (Wildman–Crippen LogP) is 4.70. The molecule has 3 rings (SSSR count). The van der Waals surface area contributed by atoms with Gasteiger partial charge in [0, 0.05) is 17.7 Å². The number of nitrogen functional groups attached to an aromatic ring is 1. The van der Waals surface area contributed by atoms with Gasteiger partial charge in [-0.25, -0.2) is 0 Å². The smallest absolute Gasteiger partial charge is 0.294 e. The van der Waals surface area contributed by atoms with Crippen molar-refractivity contribution in [1.29, 1.82) is 5.41 Å². The summed E-state index contributed by atoms with van der Waals surface area (Å²) in [5.41, 5.74) is 5.97. The first-order valence-electron chi connectivity index (χ1n) is 10.2. The van der Waals surface area contributed by atoms with Crippen LogP contribution in [-0.2, 0) is 10.1 Å². The molecule has 35 heavy (non-hydrogen) atoms. The fourth-order valence-corrected chi connectivity index (χ4v) is 3.35. The normalized spacial score (nSPS) is 10.6. The molecular weight excluding hydrogens is 498 g/mol. The van der Waals surface area contributed by atoms with Crippen LogP contribution in [0.3, 0.4) is 0 Å². The van der Waals surface area contributed by atoms with Crippen molar-refractivity contribution in [3.63, 3.8) is 0 Å². The average Bonchev–Trinajstić information content (AvgIpc) is 2.82. The molecule has 4 N–H and O–H groups in total. The molecule has 0 aliphatic rings. The summed E-state index contributed by atoms with van der Waals surface area (Å²) in [6, 6.07) is 18.5. The summed E-state index contributed by atoms with van der Waals surface area (Å²) in [6.07, 6.45) is 1.53. The molecule has 3 aromatic carbocycles.